The summed E-state index contributed by atoms with van der Waals surface area (Å²) in [6.45, 7) is -0.139. The van der Waals surface area contributed by atoms with Crippen molar-refractivity contribution in [3.05, 3.63) is 53.8 Å². The average Bonchev–Trinajstić information content (AvgIpc) is 3.02. The largest absolute Gasteiger partial charge is 0.481 e. The smallest absolute Gasteiger partial charge is 0.277 e. The van der Waals surface area contributed by atoms with Gasteiger partial charge in [-0.3, -0.25) is 4.79 Å². The van der Waals surface area contributed by atoms with Crippen molar-refractivity contribution in [1.29, 1.82) is 0 Å². The number of nitrogens with zero attached hydrogens (tertiary/aromatic N) is 1. The standard InChI is InChI=1S/C16H13FN2O4/c17-12-3-1-2-4-13(12)21-9-16(20)19-18-8-11-5-6-14-15(7-11)23-10-22-14/h1-8H,9-10H2,(H,19,20). The first-order chi connectivity index (χ1) is 11.2. The van der Waals surface area contributed by atoms with Crippen LogP contribution in [-0.2, 0) is 4.79 Å². The van der Waals surface area contributed by atoms with Gasteiger partial charge in [0.25, 0.3) is 5.91 Å². The zero-order valence-electron chi connectivity index (χ0n) is 12.0. The van der Waals surface area contributed by atoms with Crippen LogP contribution in [0.25, 0.3) is 0 Å². The van der Waals surface area contributed by atoms with Gasteiger partial charge >= 0.3 is 0 Å². The molecule has 0 aliphatic carbocycles. The summed E-state index contributed by atoms with van der Waals surface area (Å²) in [5.74, 6) is 0.296. The number of carbonyl (C=O) groups is 1. The highest BCUT2D eigenvalue weighted by Gasteiger charge is 2.12. The molecule has 3 rings (SSSR count). The van der Waals surface area contributed by atoms with Gasteiger partial charge in [-0.15, -0.1) is 0 Å². The lowest BCUT2D eigenvalue weighted by atomic mass is 10.2. The summed E-state index contributed by atoms with van der Waals surface area (Å²) >= 11 is 0. The zero-order chi connectivity index (χ0) is 16.1. The maximum Gasteiger partial charge on any atom is 0.277 e. The summed E-state index contributed by atoms with van der Waals surface area (Å²) in [6.07, 6.45) is 1.46. The molecule has 0 atom stereocenters. The molecule has 118 valence electrons. The molecule has 0 saturated carbocycles. The molecule has 0 aromatic heterocycles. The van der Waals surface area contributed by atoms with Crippen molar-refractivity contribution >= 4 is 12.1 Å². The number of hydrogen-bond acceptors (Lipinski definition) is 5. The molecule has 6 nitrogen and oxygen atoms in total. The summed E-state index contributed by atoms with van der Waals surface area (Å²) in [5.41, 5.74) is 3.04. The maximum atomic E-state index is 13.3. The number of hydrogen-bond donors (Lipinski definition) is 1. The molecule has 0 bridgehead atoms. The van der Waals surface area contributed by atoms with Crippen LogP contribution in [0.15, 0.2) is 47.6 Å². The third-order valence-electron chi connectivity index (χ3n) is 2.99. The first-order valence-electron chi connectivity index (χ1n) is 6.81. The van der Waals surface area contributed by atoms with Crippen molar-refractivity contribution in [2.75, 3.05) is 13.4 Å². The molecule has 0 fully saturated rings. The van der Waals surface area contributed by atoms with Gasteiger partial charge in [0.2, 0.25) is 6.79 Å². The minimum Gasteiger partial charge on any atom is -0.481 e. The van der Waals surface area contributed by atoms with E-state index in [1.54, 1.807) is 24.3 Å². The molecule has 1 heterocycles. The van der Waals surface area contributed by atoms with E-state index in [4.69, 9.17) is 14.2 Å². The van der Waals surface area contributed by atoms with Gasteiger partial charge in [0.1, 0.15) is 0 Å². The van der Waals surface area contributed by atoms with E-state index in [1.807, 2.05) is 0 Å². The van der Waals surface area contributed by atoms with Crippen LogP contribution in [0.5, 0.6) is 17.2 Å². The summed E-state index contributed by atoms with van der Waals surface area (Å²) in [6, 6.07) is 11.1. The zero-order valence-corrected chi connectivity index (χ0v) is 12.0. The minimum atomic E-state index is -0.524. The second kappa shape index (κ2) is 6.78. The molecule has 2 aromatic carbocycles. The Morgan fingerprint density at radius 2 is 2.09 bits per heavy atom. The van der Waals surface area contributed by atoms with Gasteiger partial charge in [0, 0.05) is 0 Å². The molecule has 23 heavy (non-hydrogen) atoms. The van der Waals surface area contributed by atoms with Crippen LogP contribution in [0.1, 0.15) is 5.56 Å². The first-order valence-corrected chi connectivity index (χ1v) is 6.81. The summed E-state index contributed by atoms with van der Waals surface area (Å²) < 4.78 is 28.8. The molecular weight excluding hydrogens is 303 g/mol. The highest BCUT2D eigenvalue weighted by Crippen LogP contribution is 2.31. The number of fused-ring (bicyclic) bond motifs is 1. The molecule has 1 aliphatic heterocycles. The number of nitrogens with one attached hydrogen (secondary N) is 1. The fourth-order valence-corrected chi connectivity index (χ4v) is 1.91. The fourth-order valence-electron chi connectivity index (χ4n) is 1.91. The quantitative estimate of drug-likeness (QED) is 0.677. The SMILES string of the molecule is O=C(COc1ccccc1F)NN=Cc1ccc2c(c1)OCO2. The molecule has 7 heteroatoms. The number of rotatable bonds is 5. The van der Waals surface area contributed by atoms with Gasteiger partial charge in [0.15, 0.2) is 29.7 Å². The average molecular weight is 316 g/mol. The number of carbonyl (C=O) groups excluding carboxylic acids is 1. The monoisotopic (exact) mass is 316 g/mol. The van der Waals surface area contributed by atoms with E-state index in [-0.39, 0.29) is 19.1 Å². The van der Waals surface area contributed by atoms with Crippen molar-refractivity contribution in [2.24, 2.45) is 5.10 Å². The third-order valence-corrected chi connectivity index (χ3v) is 2.99. The number of amides is 1. The maximum absolute atomic E-state index is 13.3. The van der Waals surface area contributed by atoms with Crippen LogP contribution in [0, 0.1) is 5.82 Å². The van der Waals surface area contributed by atoms with E-state index < -0.39 is 11.7 Å². The molecule has 1 aliphatic rings. The predicted molar refractivity (Wildman–Crippen MR) is 80.2 cm³/mol. The van der Waals surface area contributed by atoms with Crippen molar-refractivity contribution in [3.63, 3.8) is 0 Å². The lowest BCUT2D eigenvalue weighted by Crippen LogP contribution is -2.24. The molecule has 1 N–H and O–H groups in total. The lowest BCUT2D eigenvalue weighted by Gasteiger charge is -2.05. The number of para-hydroxylation sites is 1. The topological polar surface area (TPSA) is 69.2 Å². The number of benzene rings is 2. The number of ether oxygens (including phenoxy) is 3. The Morgan fingerprint density at radius 1 is 1.26 bits per heavy atom. The van der Waals surface area contributed by atoms with Gasteiger partial charge in [-0.2, -0.15) is 5.10 Å². The van der Waals surface area contributed by atoms with Crippen LogP contribution in [-0.4, -0.2) is 25.5 Å². The Balaban J connectivity index is 1.50. The van der Waals surface area contributed by atoms with Crippen LogP contribution >= 0.6 is 0 Å². The Morgan fingerprint density at radius 3 is 2.96 bits per heavy atom. The molecule has 0 unspecified atom stereocenters. The Kier molecular flexibility index (Phi) is 4.37. The minimum absolute atomic E-state index is 0.0161. The summed E-state index contributed by atoms with van der Waals surface area (Å²) in [7, 11) is 0. The Hall–Kier alpha value is -3.09. The van der Waals surface area contributed by atoms with E-state index in [2.05, 4.69) is 10.5 Å². The van der Waals surface area contributed by atoms with E-state index in [0.717, 1.165) is 5.56 Å². The Bertz CT molecular complexity index is 749. The third kappa shape index (κ3) is 3.76. The van der Waals surface area contributed by atoms with Gasteiger partial charge < -0.3 is 14.2 Å². The van der Waals surface area contributed by atoms with Crippen LogP contribution < -0.4 is 19.6 Å². The van der Waals surface area contributed by atoms with Gasteiger partial charge in [-0.1, -0.05) is 12.1 Å². The van der Waals surface area contributed by atoms with Gasteiger partial charge in [0.05, 0.1) is 6.21 Å². The normalized spacial score (nSPS) is 12.4. The summed E-state index contributed by atoms with van der Waals surface area (Å²) in [4.78, 5) is 11.6. The fraction of sp³-hybridized carbons (Fsp3) is 0.125. The number of hydrazone groups is 1. The Labute approximate surface area is 131 Å². The molecule has 0 spiro atoms. The predicted octanol–water partition coefficient (Wildman–Crippen LogP) is 2.08. The second-order valence-corrected chi connectivity index (χ2v) is 4.62. The van der Waals surface area contributed by atoms with Gasteiger partial charge in [-0.25, -0.2) is 9.82 Å². The van der Waals surface area contributed by atoms with Crippen molar-refractivity contribution in [3.8, 4) is 17.2 Å². The molecule has 2 aromatic rings. The van der Waals surface area contributed by atoms with Crippen LogP contribution in [0.4, 0.5) is 4.39 Å². The second-order valence-electron chi connectivity index (χ2n) is 4.62. The van der Waals surface area contributed by atoms with E-state index in [1.165, 1.54) is 24.4 Å². The summed E-state index contributed by atoms with van der Waals surface area (Å²) in [5, 5.41) is 3.81. The molecule has 0 saturated heterocycles. The van der Waals surface area contributed by atoms with Gasteiger partial charge in [-0.05, 0) is 35.9 Å². The molecule has 1 amide bonds. The van der Waals surface area contributed by atoms with Crippen LogP contribution in [0.3, 0.4) is 0 Å². The highest BCUT2D eigenvalue weighted by atomic mass is 19.1. The highest BCUT2D eigenvalue weighted by molar-refractivity contribution is 5.83. The van der Waals surface area contributed by atoms with Crippen molar-refractivity contribution in [1.82, 2.24) is 5.43 Å². The molecule has 0 radical (unpaired) electrons. The number of halogens is 1. The lowest BCUT2D eigenvalue weighted by molar-refractivity contribution is -0.123. The van der Waals surface area contributed by atoms with E-state index in [0.29, 0.717) is 11.5 Å². The van der Waals surface area contributed by atoms with Crippen molar-refractivity contribution in [2.45, 2.75) is 0 Å². The first kappa shape index (κ1) is 14.8. The molecular formula is C16H13FN2O4. The van der Waals surface area contributed by atoms with E-state index >= 15 is 0 Å². The van der Waals surface area contributed by atoms with E-state index in [9.17, 15) is 9.18 Å². The van der Waals surface area contributed by atoms with Crippen molar-refractivity contribution < 1.29 is 23.4 Å². The van der Waals surface area contributed by atoms with Crippen LogP contribution in [0.2, 0.25) is 0 Å².